The van der Waals surface area contributed by atoms with Crippen LogP contribution in [0.5, 0.6) is 0 Å². The number of rotatable bonds is 5. The zero-order chi connectivity index (χ0) is 15.5. The molecular weight excluding hydrogens is 288 g/mol. The van der Waals surface area contributed by atoms with Crippen molar-refractivity contribution in [3.8, 4) is 0 Å². The lowest BCUT2D eigenvalue weighted by atomic mass is 10.1. The lowest BCUT2D eigenvalue weighted by Crippen LogP contribution is -2.44. The molecule has 0 bridgehead atoms. The Hall–Kier alpha value is -1.96. The molecule has 0 spiro atoms. The van der Waals surface area contributed by atoms with Gasteiger partial charge >= 0.3 is 0 Å². The average Bonchev–Trinajstić information content (AvgIpc) is 3.09. The van der Waals surface area contributed by atoms with Gasteiger partial charge in [0.2, 0.25) is 5.91 Å². The molecule has 7 nitrogen and oxygen atoms in total. The summed E-state index contributed by atoms with van der Waals surface area (Å²) < 4.78 is 16.7. The van der Waals surface area contributed by atoms with Crippen LogP contribution in [-0.4, -0.2) is 56.0 Å². The molecule has 2 aliphatic heterocycles. The number of hydrogen-bond donors (Lipinski definition) is 2. The fourth-order valence-corrected chi connectivity index (χ4v) is 2.76. The maximum absolute atomic E-state index is 12.2. The number of fused-ring (bicyclic) bond motifs is 1. The number of benzene rings is 1. The zero-order valence-electron chi connectivity index (χ0n) is 11.9. The van der Waals surface area contributed by atoms with Gasteiger partial charge in [-0.05, 0) is 12.1 Å². The highest BCUT2D eigenvalue weighted by Crippen LogP contribution is 2.29. The number of carbonyl (C=O) groups is 2. The van der Waals surface area contributed by atoms with E-state index in [0.717, 1.165) is 0 Å². The van der Waals surface area contributed by atoms with Crippen molar-refractivity contribution in [1.82, 2.24) is 5.32 Å². The Kier molecular flexibility index (Phi) is 4.37. The van der Waals surface area contributed by atoms with Crippen molar-refractivity contribution in [2.45, 2.75) is 24.4 Å². The van der Waals surface area contributed by atoms with E-state index >= 15 is 0 Å². The van der Waals surface area contributed by atoms with Gasteiger partial charge in [-0.15, -0.1) is 0 Å². The SMILES string of the molecule is NC(=O)CO[C@@H]1CO[C@H]2[C@H]1OC[C@H]2NC(=O)c1ccccc1. The van der Waals surface area contributed by atoms with Gasteiger partial charge in [0.25, 0.3) is 5.91 Å². The third-order valence-corrected chi connectivity index (χ3v) is 3.80. The van der Waals surface area contributed by atoms with Gasteiger partial charge in [-0.2, -0.15) is 0 Å². The highest BCUT2D eigenvalue weighted by atomic mass is 16.6. The minimum Gasteiger partial charge on any atom is -0.370 e. The Balaban J connectivity index is 1.57. The van der Waals surface area contributed by atoms with Gasteiger partial charge in [0, 0.05) is 5.56 Å². The summed E-state index contributed by atoms with van der Waals surface area (Å²) in [5, 5.41) is 2.92. The molecule has 2 amide bonds. The van der Waals surface area contributed by atoms with Gasteiger partial charge in [-0.3, -0.25) is 9.59 Å². The van der Waals surface area contributed by atoms with E-state index in [4.69, 9.17) is 19.9 Å². The molecule has 118 valence electrons. The Labute approximate surface area is 127 Å². The van der Waals surface area contributed by atoms with Crippen LogP contribution in [0.4, 0.5) is 0 Å². The maximum Gasteiger partial charge on any atom is 0.251 e. The fraction of sp³-hybridized carbons (Fsp3) is 0.467. The summed E-state index contributed by atoms with van der Waals surface area (Å²) in [7, 11) is 0. The van der Waals surface area contributed by atoms with Crippen molar-refractivity contribution >= 4 is 11.8 Å². The summed E-state index contributed by atoms with van der Waals surface area (Å²) in [6.07, 6.45) is -0.901. The van der Waals surface area contributed by atoms with E-state index in [0.29, 0.717) is 18.8 Å². The zero-order valence-corrected chi connectivity index (χ0v) is 11.9. The lowest BCUT2D eigenvalue weighted by Gasteiger charge is -2.17. The number of primary amides is 1. The Morgan fingerprint density at radius 3 is 2.64 bits per heavy atom. The molecule has 0 unspecified atom stereocenters. The summed E-state index contributed by atoms with van der Waals surface area (Å²) in [4.78, 5) is 22.9. The van der Waals surface area contributed by atoms with E-state index in [-0.39, 0.29) is 36.9 Å². The maximum atomic E-state index is 12.2. The molecule has 2 fully saturated rings. The van der Waals surface area contributed by atoms with E-state index in [1.54, 1.807) is 12.1 Å². The first-order chi connectivity index (χ1) is 10.6. The largest absolute Gasteiger partial charge is 0.370 e. The highest BCUT2D eigenvalue weighted by molar-refractivity contribution is 5.94. The molecule has 3 rings (SSSR count). The second-order valence-corrected chi connectivity index (χ2v) is 5.36. The van der Waals surface area contributed by atoms with Crippen molar-refractivity contribution in [2.75, 3.05) is 19.8 Å². The minimum absolute atomic E-state index is 0.165. The standard InChI is InChI=1S/C15H18N2O5/c16-12(18)8-20-11-7-22-13-10(6-21-14(11)13)17-15(19)9-4-2-1-3-5-9/h1-5,10-11,13-14H,6-8H2,(H2,16,18)(H,17,19)/t10-,11-,13-,14+/m1/s1. The molecule has 0 radical (unpaired) electrons. The van der Waals surface area contributed by atoms with E-state index in [9.17, 15) is 9.59 Å². The number of carbonyl (C=O) groups excluding carboxylic acids is 2. The third-order valence-electron chi connectivity index (χ3n) is 3.80. The van der Waals surface area contributed by atoms with Crippen LogP contribution in [0, 0.1) is 0 Å². The van der Waals surface area contributed by atoms with Crippen LogP contribution in [0.1, 0.15) is 10.4 Å². The van der Waals surface area contributed by atoms with E-state index in [1.807, 2.05) is 18.2 Å². The van der Waals surface area contributed by atoms with Gasteiger partial charge < -0.3 is 25.3 Å². The molecule has 1 aromatic carbocycles. The van der Waals surface area contributed by atoms with Crippen molar-refractivity contribution in [3.05, 3.63) is 35.9 Å². The van der Waals surface area contributed by atoms with Crippen LogP contribution in [0.2, 0.25) is 0 Å². The van der Waals surface area contributed by atoms with Gasteiger partial charge in [-0.1, -0.05) is 18.2 Å². The summed E-state index contributed by atoms with van der Waals surface area (Å²) in [6.45, 7) is 0.506. The number of ether oxygens (including phenoxy) is 3. The summed E-state index contributed by atoms with van der Waals surface area (Å²) in [5.74, 6) is -0.699. The van der Waals surface area contributed by atoms with E-state index < -0.39 is 5.91 Å². The number of hydrogen-bond acceptors (Lipinski definition) is 5. The second-order valence-electron chi connectivity index (χ2n) is 5.36. The predicted octanol–water partition coefficient (Wildman–Crippen LogP) is -0.547. The molecule has 2 saturated heterocycles. The van der Waals surface area contributed by atoms with Crippen LogP contribution in [0.3, 0.4) is 0 Å². The number of nitrogens with two attached hydrogens (primary N) is 1. The van der Waals surface area contributed by atoms with Crippen LogP contribution in [-0.2, 0) is 19.0 Å². The van der Waals surface area contributed by atoms with Crippen LogP contribution < -0.4 is 11.1 Å². The molecule has 0 saturated carbocycles. The molecule has 22 heavy (non-hydrogen) atoms. The van der Waals surface area contributed by atoms with Crippen molar-refractivity contribution in [2.24, 2.45) is 5.73 Å². The van der Waals surface area contributed by atoms with E-state index in [1.165, 1.54) is 0 Å². The molecule has 2 heterocycles. The van der Waals surface area contributed by atoms with Gasteiger partial charge in [0.05, 0.1) is 19.3 Å². The summed E-state index contributed by atoms with van der Waals surface area (Å²) in [6, 6.07) is 8.73. The van der Waals surface area contributed by atoms with Gasteiger partial charge in [-0.25, -0.2) is 0 Å². The predicted molar refractivity (Wildman–Crippen MR) is 76.1 cm³/mol. The fourth-order valence-electron chi connectivity index (χ4n) is 2.76. The summed E-state index contributed by atoms with van der Waals surface area (Å²) >= 11 is 0. The normalized spacial score (nSPS) is 30.0. The highest BCUT2D eigenvalue weighted by Gasteiger charge is 2.48. The average molecular weight is 306 g/mol. The Bertz CT molecular complexity index is 550. The smallest absolute Gasteiger partial charge is 0.251 e. The quantitative estimate of drug-likeness (QED) is 0.760. The number of amides is 2. The minimum atomic E-state index is -0.532. The van der Waals surface area contributed by atoms with Gasteiger partial charge in [0.15, 0.2) is 0 Å². The Morgan fingerprint density at radius 1 is 1.18 bits per heavy atom. The van der Waals surface area contributed by atoms with Crippen molar-refractivity contribution in [1.29, 1.82) is 0 Å². The molecule has 4 atom stereocenters. The van der Waals surface area contributed by atoms with Gasteiger partial charge in [0.1, 0.15) is 24.9 Å². The van der Waals surface area contributed by atoms with Crippen molar-refractivity contribution in [3.63, 3.8) is 0 Å². The second kappa shape index (κ2) is 6.43. The third kappa shape index (κ3) is 3.11. The lowest BCUT2D eigenvalue weighted by molar-refractivity contribution is -0.126. The molecule has 3 N–H and O–H groups in total. The first kappa shape index (κ1) is 15.0. The number of nitrogens with one attached hydrogen (secondary N) is 1. The molecular formula is C15H18N2O5. The van der Waals surface area contributed by atoms with Crippen LogP contribution >= 0.6 is 0 Å². The van der Waals surface area contributed by atoms with Crippen LogP contribution in [0.15, 0.2) is 30.3 Å². The first-order valence-corrected chi connectivity index (χ1v) is 7.14. The molecule has 2 aliphatic rings. The molecule has 7 heteroatoms. The molecule has 1 aromatic rings. The summed E-state index contributed by atoms with van der Waals surface area (Å²) in [5.41, 5.74) is 5.65. The molecule has 0 aromatic heterocycles. The Morgan fingerprint density at radius 2 is 1.91 bits per heavy atom. The topological polar surface area (TPSA) is 99.9 Å². The molecule has 0 aliphatic carbocycles. The van der Waals surface area contributed by atoms with Crippen LogP contribution in [0.25, 0.3) is 0 Å². The van der Waals surface area contributed by atoms with Crippen molar-refractivity contribution < 1.29 is 23.8 Å². The van der Waals surface area contributed by atoms with E-state index in [2.05, 4.69) is 5.32 Å². The first-order valence-electron chi connectivity index (χ1n) is 7.14. The monoisotopic (exact) mass is 306 g/mol.